The molecule has 2 fully saturated rings. The van der Waals surface area contributed by atoms with Gasteiger partial charge >= 0.3 is 12.1 Å². The number of fused-ring (bicyclic) bond motifs is 1. The van der Waals surface area contributed by atoms with Gasteiger partial charge in [-0.3, -0.25) is 4.90 Å². The van der Waals surface area contributed by atoms with Gasteiger partial charge in [-0.15, -0.1) is 0 Å². The minimum atomic E-state index is -4.27. The third-order valence-corrected chi connectivity index (χ3v) is 7.84. The standard InChI is InChI=1S/C26H33NO4.C8H8F3N.C2H6/c1-26(2,3)21-6-10-23(11-7-21)31-24(25(28)29)14-18-4-8-22(9-5-18)30-13-12-27-16-19-15-20(19)17-27;9-8(10,11)7-3-1-2-6(4-7)5-12;1-2/h4-11,19-20,24H,12-17H2,1-3H3,(H,28,29);1-4H,5,12H2;1-2H3/t19?,20?,24-;;/m0../s1. The van der Waals surface area contributed by atoms with E-state index in [0.29, 0.717) is 24.3 Å². The molecular weight excluding hydrogens is 581 g/mol. The molecule has 1 saturated carbocycles. The number of alkyl halides is 3. The van der Waals surface area contributed by atoms with Crippen molar-refractivity contribution in [3.8, 4) is 11.5 Å². The predicted octanol–water partition coefficient (Wildman–Crippen LogP) is 7.58. The Hall–Kier alpha value is -3.56. The number of carbonyl (C=O) groups is 1. The van der Waals surface area contributed by atoms with E-state index in [9.17, 15) is 23.1 Å². The van der Waals surface area contributed by atoms with Crippen LogP contribution < -0.4 is 15.2 Å². The second kappa shape index (κ2) is 16.1. The van der Waals surface area contributed by atoms with Gasteiger partial charge in [0.05, 0.1) is 5.56 Å². The summed E-state index contributed by atoms with van der Waals surface area (Å²) >= 11 is 0. The van der Waals surface area contributed by atoms with Crippen LogP contribution in [0.2, 0.25) is 0 Å². The zero-order valence-electron chi connectivity index (χ0n) is 26.9. The fourth-order valence-electron chi connectivity index (χ4n) is 5.16. The first kappa shape index (κ1) is 35.9. The molecule has 3 aromatic carbocycles. The number of hydrogen-bond acceptors (Lipinski definition) is 5. The Morgan fingerprint density at radius 2 is 1.51 bits per heavy atom. The lowest BCUT2D eigenvalue weighted by atomic mass is 9.87. The van der Waals surface area contributed by atoms with Crippen molar-refractivity contribution in [1.82, 2.24) is 4.90 Å². The molecule has 6 nitrogen and oxygen atoms in total. The first-order chi connectivity index (χ1) is 21.3. The lowest BCUT2D eigenvalue weighted by Gasteiger charge is -2.20. The summed E-state index contributed by atoms with van der Waals surface area (Å²) < 4.78 is 47.8. The Morgan fingerprint density at radius 1 is 0.911 bits per heavy atom. The number of benzene rings is 3. The monoisotopic (exact) mass is 628 g/mol. The predicted molar refractivity (Wildman–Crippen MR) is 172 cm³/mol. The Labute approximate surface area is 265 Å². The Morgan fingerprint density at radius 3 is 2.04 bits per heavy atom. The minimum absolute atomic E-state index is 0.0450. The van der Waals surface area contributed by atoms with E-state index in [2.05, 4.69) is 25.7 Å². The van der Waals surface area contributed by atoms with Crippen LogP contribution in [0.25, 0.3) is 0 Å². The Kier molecular flexibility index (Phi) is 12.9. The summed E-state index contributed by atoms with van der Waals surface area (Å²) in [6.45, 7) is 14.7. The van der Waals surface area contributed by atoms with Crippen molar-refractivity contribution in [2.45, 2.75) is 71.7 Å². The molecule has 0 bridgehead atoms. The van der Waals surface area contributed by atoms with Gasteiger partial charge in [0.25, 0.3) is 0 Å². The zero-order chi connectivity index (χ0) is 33.2. The van der Waals surface area contributed by atoms with Crippen molar-refractivity contribution >= 4 is 5.97 Å². The van der Waals surface area contributed by atoms with Gasteiger partial charge in [-0.1, -0.05) is 77.1 Å². The van der Waals surface area contributed by atoms with E-state index < -0.39 is 23.8 Å². The summed E-state index contributed by atoms with van der Waals surface area (Å²) in [7, 11) is 0. The molecule has 5 rings (SSSR count). The van der Waals surface area contributed by atoms with Gasteiger partial charge in [0.15, 0.2) is 6.10 Å². The summed E-state index contributed by atoms with van der Waals surface area (Å²) in [6, 6.07) is 20.3. The Bertz CT molecular complexity index is 1330. The molecule has 0 amide bonds. The highest BCUT2D eigenvalue weighted by atomic mass is 19.4. The highest BCUT2D eigenvalue weighted by molar-refractivity contribution is 5.73. The third kappa shape index (κ3) is 11.4. The molecule has 45 heavy (non-hydrogen) atoms. The molecule has 2 unspecified atom stereocenters. The largest absolute Gasteiger partial charge is 0.492 e. The smallest absolute Gasteiger partial charge is 0.416 e. The first-order valence-electron chi connectivity index (χ1n) is 15.6. The number of aliphatic carboxylic acids is 1. The van der Waals surface area contributed by atoms with Crippen LogP contribution in [0.4, 0.5) is 13.2 Å². The molecular formula is C36H47F3N2O4. The third-order valence-electron chi connectivity index (χ3n) is 7.84. The van der Waals surface area contributed by atoms with Crippen LogP contribution in [0.1, 0.15) is 63.3 Å². The number of ether oxygens (including phenoxy) is 2. The number of hydrogen-bond donors (Lipinski definition) is 2. The van der Waals surface area contributed by atoms with E-state index in [1.165, 1.54) is 31.1 Å². The van der Waals surface area contributed by atoms with Crippen molar-refractivity contribution in [2.24, 2.45) is 17.6 Å². The van der Waals surface area contributed by atoms with Crippen LogP contribution in [0.3, 0.4) is 0 Å². The maximum absolute atomic E-state index is 12.1. The van der Waals surface area contributed by atoms with Gasteiger partial charge in [0, 0.05) is 32.6 Å². The highest BCUT2D eigenvalue weighted by Gasteiger charge is 2.44. The van der Waals surface area contributed by atoms with Crippen LogP contribution in [0.15, 0.2) is 72.8 Å². The van der Waals surface area contributed by atoms with Crippen LogP contribution in [-0.4, -0.2) is 48.3 Å². The van der Waals surface area contributed by atoms with E-state index >= 15 is 0 Å². The molecule has 246 valence electrons. The molecule has 1 saturated heterocycles. The van der Waals surface area contributed by atoms with Crippen molar-refractivity contribution in [1.29, 1.82) is 0 Å². The molecule has 0 aromatic heterocycles. The highest BCUT2D eigenvalue weighted by Crippen LogP contribution is 2.44. The van der Waals surface area contributed by atoms with Crippen molar-refractivity contribution in [3.05, 3.63) is 95.1 Å². The first-order valence-corrected chi connectivity index (χ1v) is 15.6. The molecule has 3 N–H and O–H groups in total. The molecule has 3 atom stereocenters. The quantitative estimate of drug-likeness (QED) is 0.241. The number of carboxylic acid groups (broad SMARTS) is 1. The maximum atomic E-state index is 12.1. The summed E-state index contributed by atoms with van der Waals surface area (Å²) in [6.07, 6.45) is -3.49. The van der Waals surface area contributed by atoms with Gasteiger partial charge in [-0.25, -0.2) is 4.79 Å². The molecule has 1 aliphatic heterocycles. The van der Waals surface area contributed by atoms with Gasteiger partial charge < -0.3 is 20.3 Å². The van der Waals surface area contributed by atoms with Crippen molar-refractivity contribution in [3.63, 3.8) is 0 Å². The second-order valence-corrected chi connectivity index (χ2v) is 12.3. The average molecular weight is 629 g/mol. The van der Waals surface area contributed by atoms with Crippen molar-refractivity contribution < 1.29 is 32.5 Å². The normalized spacial score (nSPS) is 18.0. The summed E-state index contributed by atoms with van der Waals surface area (Å²) in [5, 5.41) is 9.62. The van der Waals surface area contributed by atoms with Crippen LogP contribution in [0.5, 0.6) is 11.5 Å². The topological polar surface area (TPSA) is 85.0 Å². The minimum Gasteiger partial charge on any atom is -0.492 e. The number of likely N-dealkylation sites (tertiary alicyclic amines) is 1. The molecule has 2 aliphatic rings. The van der Waals surface area contributed by atoms with Crippen LogP contribution >= 0.6 is 0 Å². The number of nitrogens with zero attached hydrogens (tertiary/aromatic N) is 1. The van der Waals surface area contributed by atoms with E-state index in [4.69, 9.17) is 15.2 Å². The van der Waals surface area contributed by atoms with E-state index in [-0.39, 0.29) is 12.0 Å². The molecule has 0 radical (unpaired) electrons. The number of carboxylic acids is 1. The fraction of sp³-hybridized carbons (Fsp3) is 0.472. The van der Waals surface area contributed by atoms with Crippen LogP contribution in [0, 0.1) is 11.8 Å². The summed E-state index contributed by atoms with van der Waals surface area (Å²) in [5.74, 6) is 2.31. The van der Waals surface area contributed by atoms with E-state index in [1.54, 1.807) is 6.07 Å². The van der Waals surface area contributed by atoms with Crippen LogP contribution in [-0.2, 0) is 29.4 Å². The van der Waals surface area contributed by atoms with Gasteiger partial charge in [0.1, 0.15) is 18.1 Å². The number of rotatable bonds is 10. The Balaban J connectivity index is 0.000000331. The maximum Gasteiger partial charge on any atom is 0.416 e. The SMILES string of the molecule is CC.CC(C)(C)c1ccc(O[C@@H](Cc2ccc(OCCN3CC4CC4C3)cc2)C(=O)O)cc1.NCc1cccc(C(F)(F)F)c1. The van der Waals surface area contributed by atoms with E-state index in [0.717, 1.165) is 41.8 Å². The summed E-state index contributed by atoms with van der Waals surface area (Å²) in [5.41, 5.74) is 7.17. The lowest BCUT2D eigenvalue weighted by Crippen LogP contribution is -2.29. The molecule has 3 aromatic rings. The second-order valence-electron chi connectivity index (χ2n) is 12.3. The van der Waals surface area contributed by atoms with Gasteiger partial charge in [-0.2, -0.15) is 13.2 Å². The summed E-state index contributed by atoms with van der Waals surface area (Å²) in [4.78, 5) is 14.2. The molecule has 9 heteroatoms. The number of piperidine rings is 1. The van der Waals surface area contributed by atoms with E-state index in [1.807, 2.05) is 62.4 Å². The lowest BCUT2D eigenvalue weighted by molar-refractivity contribution is -0.145. The number of halogens is 3. The average Bonchev–Trinajstić information content (AvgIpc) is 3.63. The van der Waals surface area contributed by atoms with Crippen molar-refractivity contribution in [2.75, 3.05) is 26.2 Å². The fourth-order valence-corrected chi connectivity index (χ4v) is 5.16. The molecule has 0 spiro atoms. The zero-order valence-corrected chi connectivity index (χ0v) is 26.9. The van der Waals surface area contributed by atoms with Gasteiger partial charge in [-0.05, 0) is 70.7 Å². The number of nitrogens with two attached hydrogens (primary N) is 1. The molecule has 1 aliphatic carbocycles. The molecule has 1 heterocycles. The van der Waals surface area contributed by atoms with Gasteiger partial charge in [0.2, 0.25) is 0 Å².